The van der Waals surface area contributed by atoms with Gasteiger partial charge >= 0.3 is 0 Å². The van der Waals surface area contributed by atoms with Crippen LogP contribution in [-0.2, 0) is 0 Å². The first-order chi connectivity index (χ1) is 22.7. The molecule has 0 aliphatic carbocycles. The van der Waals surface area contributed by atoms with Crippen LogP contribution >= 0.6 is 0 Å². The highest BCUT2D eigenvalue weighted by Gasteiger charge is 2.15. The van der Waals surface area contributed by atoms with Crippen LogP contribution in [0, 0.1) is 0 Å². The van der Waals surface area contributed by atoms with E-state index in [-0.39, 0.29) is 0 Å². The van der Waals surface area contributed by atoms with Gasteiger partial charge in [-0.15, -0.1) is 0 Å². The van der Waals surface area contributed by atoms with Crippen LogP contribution < -0.4 is 0 Å². The molecule has 0 aliphatic heterocycles. The minimum atomic E-state index is -0.523. The lowest BCUT2D eigenvalue weighted by Crippen LogP contribution is -2.25. The summed E-state index contributed by atoms with van der Waals surface area (Å²) in [6.45, 7) is 4.57. The van der Waals surface area contributed by atoms with Crippen LogP contribution in [-0.4, -0.2) is 22.4 Å². The molecule has 0 aromatic heterocycles. The molecule has 0 aliphatic rings. The molecule has 2 unspecified atom stereocenters. The maximum atomic E-state index is 10.4. The molecule has 0 amide bonds. The minimum absolute atomic E-state index is 0.523. The van der Waals surface area contributed by atoms with E-state index in [1.165, 1.54) is 205 Å². The summed E-state index contributed by atoms with van der Waals surface area (Å²) in [5, 5.41) is 20.7. The molecule has 2 nitrogen and oxygen atoms in total. The Kier molecular flexibility index (Phi) is 40.0. The highest BCUT2D eigenvalue weighted by atomic mass is 16.3. The first kappa shape index (κ1) is 45.4. The van der Waals surface area contributed by atoms with E-state index >= 15 is 0 Å². The lowest BCUT2D eigenvalue weighted by molar-refractivity contribution is 0.00711. The fraction of sp³-hybridized carbons (Fsp3) is 0.909. The summed E-state index contributed by atoms with van der Waals surface area (Å²) in [5.74, 6) is 0. The number of aliphatic hydroxyl groups is 2. The summed E-state index contributed by atoms with van der Waals surface area (Å²) in [6, 6.07) is 0. The van der Waals surface area contributed by atoms with Gasteiger partial charge in [-0.3, -0.25) is 0 Å². The number of aliphatic hydroxyl groups excluding tert-OH is 2. The Hall–Kier alpha value is -0.600. The molecule has 2 N–H and O–H groups in total. The van der Waals surface area contributed by atoms with Crippen molar-refractivity contribution in [3.8, 4) is 0 Å². The molecule has 0 saturated heterocycles. The van der Waals surface area contributed by atoms with Gasteiger partial charge in [-0.2, -0.15) is 0 Å². The molecule has 0 saturated carbocycles. The van der Waals surface area contributed by atoms with E-state index in [1.807, 2.05) is 0 Å². The average molecular weight is 647 g/mol. The SMILES string of the molecule is CCCCCCCC/C=C/CCCCCCCCCCCC(O)C(O)CCCCCCCCCCC/C=C/CCCCCCCC. The van der Waals surface area contributed by atoms with Crippen molar-refractivity contribution in [1.29, 1.82) is 0 Å². The second kappa shape index (κ2) is 40.6. The first-order valence-corrected chi connectivity index (χ1v) is 21.4. The lowest BCUT2D eigenvalue weighted by Gasteiger charge is -2.17. The predicted molar refractivity (Wildman–Crippen MR) is 208 cm³/mol. The Labute approximate surface area is 291 Å². The second-order valence-electron chi connectivity index (χ2n) is 14.7. The van der Waals surface area contributed by atoms with Crippen LogP contribution in [0.15, 0.2) is 24.3 Å². The number of hydrogen-bond donors (Lipinski definition) is 2. The van der Waals surface area contributed by atoms with Gasteiger partial charge in [-0.1, -0.05) is 205 Å². The van der Waals surface area contributed by atoms with Crippen molar-refractivity contribution in [2.45, 2.75) is 257 Å². The van der Waals surface area contributed by atoms with Crippen molar-refractivity contribution in [2.24, 2.45) is 0 Å². The molecule has 2 atom stereocenters. The second-order valence-corrected chi connectivity index (χ2v) is 14.7. The Bertz CT molecular complexity index is 545. The summed E-state index contributed by atoms with van der Waals surface area (Å²) in [7, 11) is 0. The normalized spacial score (nSPS) is 13.4. The van der Waals surface area contributed by atoms with Crippen LogP contribution in [0.1, 0.15) is 245 Å². The highest BCUT2D eigenvalue weighted by Crippen LogP contribution is 2.17. The van der Waals surface area contributed by atoms with Crippen LogP contribution in [0.25, 0.3) is 0 Å². The van der Waals surface area contributed by atoms with E-state index in [2.05, 4.69) is 38.2 Å². The largest absolute Gasteiger partial charge is 0.390 e. The topological polar surface area (TPSA) is 40.5 Å². The van der Waals surface area contributed by atoms with Gasteiger partial charge < -0.3 is 10.2 Å². The third-order valence-electron chi connectivity index (χ3n) is 9.97. The average Bonchev–Trinajstić information content (AvgIpc) is 3.06. The Balaban J connectivity index is 3.31. The fourth-order valence-corrected chi connectivity index (χ4v) is 6.65. The molecular formula is C44H86O2. The fourth-order valence-electron chi connectivity index (χ4n) is 6.65. The van der Waals surface area contributed by atoms with Crippen molar-refractivity contribution >= 4 is 0 Å². The maximum absolute atomic E-state index is 10.4. The van der Waals surface area contributed by atoms with Gasteiger partial charge in [-0.05, 0) is 64.2 Å². The van der Waals surface area contributed by atoms with Crippen molar-refractivity contribution < 1.29 is 10.2 Å². The molecule has 0 fully saturated rings. The van der Waals surface area contributed by atoms with E-state index in [0.717, 1.165) is 25.7 Å². The third-order valence-corrected chi connectivity index (χ3v) is 9.97. The smallest absolute Gasteiger partial charge is 0.0799 e. The molecule has 0 heterocycles. The number of rotatable bonds is 39. The van der Waals surface area contributed by atoms with Gasteiger partial charge in [0, 0.05) is 0 Å². The number of hydrogen-bond acceptors (Lipinski definition) is 2. The van der Waals surface area contributed by atoms with Crippen molar-refractivity contribution in [3.05, 3.63) is 24.3 Å². The highest BCUT2D eigenvalue weighted by molar-refractivity contribution is 4.82. The monoisotopic (exact) mass is 647 g/mol. The van der Waals surface area contributed by atoms with Crippen LogP contribution in [0.2, 0.25) is 0 Å². The molecule has 46 heavy (non-hydrogen) atoms. The molecule has 2 heteroatoms. The molecule has 0 spiro atoms. The predicted octanol–water partition coefficient (Wildman–Crippen LogP) is 14.9. The van der Waals surface area contributed by atoms with Gasteiger partial charge in [0.15, 0.2) is 0 Å². The summed E-state index contributed by atoms with van der Waals surface area (Å²) < 4.78 is 0. The van der Waals surface area contributed by atoms with Crippen molar-refractivity contribution in [2.75, 3.05) is 0 Å². The van der Waals surface area contributed by atoms with Crippen LogP contribution in [0.4, 0.5) is 0 Å². The summed E-state index contributed by atoms with van der Waals surface area (Å²) in [6.07, 6.45) is 55.4. The molecule has 0 rings (SSSR count). The quantitative estimate of drug-likeness (QED) is 0.0515. The summed E-state index contributed by atoms with van der Waals surface area (Å²) >= 11 is 0. The first-order valence-electron chi connectivity index (χ1n) is 21.4. The number of allylic oxidation sites excluding steroid dienone is 4. The lowest BCUT2D eigenvalue weighted by atomic mass is 9.99. The van der Waals surface area contributed by atoms with Gasteiger partial charge in [0.25, 0.3) is 0 Å². The molecule has 0 aromatic rings. The molecule has 274 valence electrons. The zero-order valence-corrected chi connectivity index (χ0v) is 31.8. The Morgan fingerprint density at radius 1 is 0.283 bits per heavy atom. The van der Waals surface area contributed by atoms with E-state index in [4.69, 9.17) is 0 Å². The van der Waals surface area contributed by atoms with Crippen LogP contribution in [0.3, 0.4) is 0 Å². The van der Waals surface area contributed by atoms with Crippen LogP contribution in [0.5, 0.6) is 0 Å². The standard InChI is InChI=1S/C44H86O2/c1-3-5-7-9-11-13-15-17-19-21-23-25-27-29-31-33-35-37-39-41-43(45)44(46)42-40-38-36-34-32-30-28-26-24-22-20-18-16-14-12-10-8-6-4-2/h17-20,43-46H,3-16,21-42H2,1-2H3/b19-17+,20-18+. The maximum Gasteiger partial charge on any atom is 0.0799 e. The van der Waals surface area contributed by atoms with Gasteiger partial charge in [-0.25, -0.2) is 0 Å². The number of unbranched alkanes of at least 4 members (excludes halogenated alkanes) is 30. The van der Waals surface area contributed by atoms with Gasteiger partial charge in [0.1, 0.15) is 0 Å². The summed E-state index contributed by atoms with van der Waals surface area (Å²) in [5.41, 5.74) is 0. The van der Waals surface area contributed by atoms with Crippen molar-refractivity contribution in [3.63, 3.8) is 0 Å². The Morgan fingerprint density at radius 2 is 0.478 bits per heavy atom. The van der Waals surface area contributed by atoms with E-state index in [9.17, 15) is 10.2 Å². The Morgan fingerprint density at radius 3 is 0.717 bits per heavy atom. The molecule has 0 radical (unpaired) electrons. The van der Waals surface area contributed by atoms with Crippen molar-refractivity contribution in [1.82, 2.24) is 0 Å². The minimum Gasteiger partial charge on any atom is -0.390 e. The zero-order valence-electron chi connectivity index (χ0n) is 31.8. The van der Waals surface area contributed by atoms with E-state index in [0.29, 0.717) is 0 Å². The van der Waals surface area contributed by atoms with Gasteiger partial charge in [0.05, 0.1) is 12.2 Å². The van der Waals surface area contributed by atoms with E-state index < -0.39 is 12.2 Å². The third kappa shape index (κ3) is 37.9. The zero-order chi connectivity index (χ0) is 33.4. The molecule has 0 aromatic carbocycles. The summed E-state index contributed by atoms with van der Waals surface area (Å²) in [4.78, 5) is 0. The molecule has 0 bridgehead atoms. The van der Waals surface area contributed by atoms with E-state index in [1.54, 1.807) is 0 Å². The van der Waals surface area contributed by atoms with Gasteiger partial charge in [0.2, 0.25) is 0 Å². The molecular weight excluding hydrogens is 560 g/mol.